The van der Waals surface area contributed by atoms with Crippen LogP contribution < -0.4 is 5.32 Å². The lowest BCUT2D eigenvalue weighted by molar-refractivity contribution is -0.111. The Labute approximate surface area is 108 Å². The van der Waals surface area contributed by atoms with Gasteiger partial charge in [-0.25, -0.2) is 13.8 Å². The van der Waals surface area contributed by atoms with Crippen molar-refractivity contribution in [3.8, 4) is 0 Å². The highest BCUT2D eigenvalue weighted by molar-refractivity contribution is 6.01. The fourth-order valence-corrected chi connectivity index (χ4v) is 1.36. The minimum atomic E-state index is -0.472. The molecule has 1 N–H and O–H groups in total. The van der Waals surface area contributed by atoms with Crippen molar-refractivity contribution < 1.29 is 13.6 Å². The second kappa shape index (κ2) is 5.86. The van der Waals surface area contributed by atoms with Gasteiger partial charge in [-0.2, -0.15) is 0 Å². The van der Waals surface area contributed by atoms with Crippen LogP contribution in [0, 0.1) is 11.6 Å². The van der Waals surface area contributed by atoms with Gasteiger partial charge in [-0.15, -0.1) is 0 Å². The number of benzene rings is 1. The first-order valence-electron chi connectivity index (χ1n) is 5.50. The van der Waals surface area contributed by atoms with Crippen molar-refractivity contribution in [2.24, 2.45) is 0 Å². The minimum Gasteiger partial charge on any atom is -0.307 e. The largest absolute Gasteiger partial charge is 0.307 e. The third-order valence-electron chi connectivity index (χ3n) is 2.28. The van der Waals surface area contributed by atoms with Gasteiger partial charge in [-0.05, 0) is 35.9 Å². The zero-order valence-corrected chi connectivity index (χ0v) is 9.81. The number of aromatic nitrogens is 1. The molecule has 5 heteroatoms. The summed E-state index contributed by atoms with van der Waals surface area (Å²) in [4.78, 5) is 15.2. The van der Waals surface area contributed by atoms with Crippen LogP contribution in [0.3, 0.4) is 0 Å². The Morgan fingerprint density at radius 2 is 1.74 bits per heavy atom. The van der Waals surface area contributed by atoms with E-state index in [4.69, 9.17) is 0 Å². The quantitative estimate of drug-likeness (QED) is 0.862. The Morgan fingerprint density at radius 1 is 1.05 bits per heavy atom. The predicted molar refractivity (Wildman–Crippen MR) is 68.3 cm³/mol. The van der Waals surface area contributed by atoms with E-state index in [0.29, 0.717) is 5.56 Å². The van der Waals surface area contributed by atoms with Crippen LogP contribution in [0.5, 0.6) is 0 Å². The van der Waals surface area contributed by atoms with Gasteiger partial charge < -0.3 is 5.32 Å². The monoisotopic (exact) mass is 260 g/mol. The molecule has 0 aliphatic heterocycles. The standard InChI is InChI=1S/C14H10F2N2O/c15-11-4-1-10(2-5-11)3-8-14(19)18-13-7-6-12(16)9-17-13/h1-9H,(H,17,18,19)/b8-3+. The van der Waals surface area contributed by atoms with E-state index in [9.17, 15) is 13.6 Å². The van der Waals surface area contributed by atoms with Crippen molar-refractivity contribution in [3.63, 3.8) is 0 Å². The van der Waals surface area contributed by atoms with Gasteiger partial charge in [-0.3, -0.25) is 4.79 Å². The lowest BCUT2D eigenvalue weighted by Crippen LogP contribution is -2.08. The normalized spacial score (nSPS) is 10.6. The Kier molecular flexibility index (Phi) is 3.97. The average Bonchev–Trinajstić information content (AvgIpc) is 2.41. The molecule has 2 rings (SSSR count). The molecule has 1 amide bonds. The number of pyridine rings is 1. The summed E-state index contributed by atoms with van der Waals surface area (Å²) in [5.41, 5.74) is 0.698. The van der Waals surface area contributed by atoms with Crippen molar-refractivity contribution in [2.45, 2.75) is 0 Å². The van der Waals surface area contributed by atoms with Crippen molar-refractivity contribution >= 4 is 17.8 Å². The van der Waals surface area contributed by atoms with Gasteiger partial charge in [0.15, 0.2) is 0 Å². The molecule has 0 spiro atoms. The maximum Gasteiger partial charge on any atom is 0.249 e. The minimum absolute atomic E-state index is 0.259. The molecule has 0 atom stereocenters. The molecule has 3 nitrogen and oxygen atoms in total. The highest BCUT2D eigenvalue weighted by Gasteiger charge is 1.99. The summed E-state index contributed by atoms with van der Waals surface area (Å²) in [7, 11) is 0. The summed E-state index contributed by atoms with van der Waals surface area (Å²) in [6.45, 7) is 0. The molecule has 2 aromatic rings. The number of nitrogens with one attached hydrogen (secondary N) is 1. The number of halogens is 2. The van der Waals surface area contributed by atoms with Gasteiger partial charge >= 0.3 is 0 Å². The number of rotatable bonds is 3. The van der Waals surface area contributed by atoms with E-state index in [0.717, 1.165) is 6.20 Å². The van der Waals surface area contributed by atoms with Crippen LogP contribution in [-0.4, -0.2) is 10.9 Å². The Bertz CT molecular complexity index is 592. The number of amides is 1. The zero-order chi connectivity index (χ0) is 13.7. The molecule has 0 radical (unpaired) electrons. The highest BCUT2D eigenvalue weighted by atomic mass is 19.1. The second-order valence-electron chi connectivity index (χ2n) is 3.74. The maximum atomic E-state index is 12.7. The lowest BCUT2D eigenvalue weighted by atomic mass is 10.2. The van der Waals surface area contributed by atoms with Crippen LogP contribution in [0.2, 0.25) is 0 Å². The molecular weight excluding hydrogens is 250 g/mol. The number of anilines is 1. The SMILES string of the molecule is O=C(/C=C/c1ccc(F)cc1)Nc1ccc(F)cn1. The number of hydrogen-bond acceptors (Lipinski definition) is 2. The van der Waals surface area contributed by atoms with Crippen LogP contribution in [-0.2, 0) is 4.79 Å². The molecule has 0 bridgehead atoms. The van der Waals surface area contributed by atoms with E-state index in [1.165, 1.54) is 36.4 Å². The number of nitrogens with zero attached hydrogens (tertiary/aromatic N) is 1. The van der Waals surface area contributed by atoms with Crippen molar-refractivity contribution in [1.82, 2.24) is 4.98 Å². The van der Waals surface area contributed by atoms with E-state index in [1.54, 1.807) is 12.1 Å². The van der Waals surface area contributed by atoms with Crippen molar-refractivity contribution in [3.05, 3.63) is 65.9 Å². The van der Waals surface area contributed by atoms with Crippen molar-refractivity contribution in [2.75, 3.05) is 5.32 Å². The van der Waals surface area contributed by atoms with Gasteiger partial charge in [0.25, 0.3) is 0 Å². The van der Waals surface area contributed by atoms with Gasteiger partial charge in [0.05, 0.1) is 6.20 Å². The molecule has 96 valence electrons. The van der Waals surface area contributed by atoms with Crippen LogP contribution in [0.1, 0.15) is 5.56 Å². The van der Waals surface area contributed by atoms with Crippen LogP contribution in [0.25, 0.3) is 6.08 Å². The molecule has 19 heavy (non-hydrogen) atoms. The molecule has 0 aliphatic carbocycles. The third-order valence-corrected chi connectivity index (χ3v) is 2.28. The molecule has 0 saturated heterocycles. The summed E-state index contributed by atoms with van der Waals surface area (Å²) in [5, 5.41) is 2.47. The van der Waals surface area contributed by atoms with E-state index in [-0.39, 0.29) is 11.6 Å². The first-order valence-corrected chi connectivity index (χ1v) is 5.50. The van der Waals surface area contributed by atoms with E-state index in [2.05, 4.69) is 10.3 Å². The number of carbonyl (C=O) groups is 1. The molecule has 0 fully saturated rings. The Hall–Kier alpha value is -2.56. The molecule has 0 aliphatic rings. The molecule has 1 heterocycles. The van der Waals surface area contributed by atoms with Crippen LogP contribution in [0.4, 0.5) is 14.6 Å². The van der Waals surface area contributed by atoms with Crippen molar-refractivity contribution in [1.29, 1.82) is 0 Å². The summed E-state index contributed by atoms with van der Waals surface area (Å²) < 4.78 is 25.3. The van der Waals surface area contributed by atoms with Crippen LogP contribution in [0.15, 0.2) is 48.7 Å². The molecule has 0 unspecified atom stereocenters. The van der Waals surface area contributed by atoms with E-state index < -0.39 is 11.7 Å². The smallest absolute Gasteiger partial charge is 0.249 e. The summed E-state index contributed by atoms with van der Waals surface area (Å²) in [6.07, 6.45) is 3.84. The Morgan fingerprint density at radius 3 is 2.37 bits per heavy atom. The zero-order valence-electron chi connectivity index (χ0n) is 9.81. The molecule has 0 saturated carbocycles. The third kappa shape index (κ3) is 3.99. The molecule has 1 aromatic carbocycles. The molecule has 1 aromatic heterocycles. The first-order chi connectivity index (χ1) is 9.13. The topological polar surface area (TPSA) is 42.0 Å². The summed E-state index contributed by atoms with van der Waals surface area (Å²) in [6, 6.07) is 8.27. The maximum absolute atomic E-state index is 12.7. The highest BCUT2D eigenvalue weighted by Crippen LogP contribution is 2.06. The number of hydrogen-bond donors (Lipinski definition) is 1. The summed E-state index contributed by atoms with van der Waals surface area (Å²) in [5.74, 6) is -0.949. The summed E-state index contributed by atoms with van der Waals surface area (Å²) >= 11 is 0. The average molecular weight is 260 g/mol. The second-order valence-corrected chi connectivity index (χ2v) is 3.74. The fraction of sp³-hybridized carbons (Fsp3) is 0. The number of carbonyl (C=O) groups excluding carboxylic acids is 1. The van der Waals surface area contributed by atoms with Gasteiger partial charge in [0.1, 0.15) is 17.5 Å². The first kappa shape index (κ1) is 12.9. The van der Waals surface area contributed by atoms with E-state index in [1.807, 2.05) is 0 Å². The predicted octanol–water partition coefficient (Wildman–Crippen LogP) is 3.01. The fourth-order valence-electron chi connectivity index (χ4n) is 1.36. The van der Waals surface area contributed by atoms with Crippen LogP contribution >= 0.6 is 0 Å². The van der Waals surface area contributed by atoms with Gasteiger partial charge in [0, 0.05) is 6.08 Å². The van der Waals surface area contributed by atoms with E-state index >= 15 is 0 Å². The molecular formula is C14H10F2N2O. The van der Waals surface area contributed by atoms with Gasteiger partial charge in [-0.1, -0.05) is 12.1 Å². The Balaban J connectivity index is 1.97. The lowest BCUT2D eigenvalue weighted by Gasteiger charge is -2.00. The van der Waals surface area contributed by atoms with Gasteiger partial charge in [0.2, 0.25) is 5.91 Å².